The van der Waals surface area contributed by atoms with Gasteiger partial charge in [-0.3, -0.25) is 28.8 Å². The van der Waals surface area contributed by atoms with E-state index in [1.54, 1.807) is 13.8 Å². The molecule has 10 nitrogen and oxygen atoms in total. The summed E-state index contributed by atoms with van der Waals surface area (Å²) in [5.74, 6) is -11.0. The third-order valence-corrected chi connectivity index (χ3v) is 12.3. The standard InChI is InChI=1S/C32H24O10/c1-9-5-11-15(13(33)7-9)25(37)31-28(40)20-21(41-3)17-18-22(42-4)19(29(17,31)23(11)35)27(39)32(31)26(38)16-12(24(36)30(18,20)32)6-10(2)8-14(16)34/h5-8,17-22,33-34H,1-4H3/t17-,18+,19-,20-,21-,22+,29-,30-,31+,32-/m0/s1. The maximum atomic E-state index is 15.1. The topological polar surface area (TPSA) is 161 Å². The molecule has 42 heavy (non-hydrogen) atoms. The Labute approximate surface area is 238 Å². The van der Waals surface area contributed by atoms with Crippen LogP contribution in [0.15, 0.2) is 24.3 Å². The van der Waals surface area contributed by atoms with Crippen molar-refractivity contribution in [3.63, 3.8) is 0 Å². The van der Waals surface area contributed by atoms with Crippen LogP contribution in [0.25, 0.3) is 0 Å². The van der Waals surface area contributed by atoms with Gasteiger partial charge >= 0.3 is 0 Å². The molecule has 10 heteroatoms. The van der Waals surface area contributed by atoms with E-state index in [0.29, 0.717) is 11.1 Å². The number of methoxy groups -OCH3 is 2. The van der Waals surface area contributed by atoms with Gasteiger partial charge in [-0.15, -0.1) is 0 Å². The molecule has 0 unspecified atom stereocenters. The molecule has 5 saturated carbocycles. The minimum absolute atomic E-state index is 0.132. The van der Waals surface area contributed by atoms with E-state index in [-0.39, 0.29) is 11.1 Å². The number of fused-ring (bicyclic) bond motifs is 2. The minimum Gasteiger partial charge on any atom is -0.507 e. The summed E-state index contributed by atoms with van der Waals surface area (Å²) in [4.78, 5) is 90.5. The van der Waals surface area contributed by atoms with Crippen molar-refractivity contribution >= 4 is 34.7 Å². The molecule has 4 spiro atoms. The molecule has 9 rings (SSSR count). The van der Waals surface area contributed by atoms with E-state index >= 15 is 28.8 Å². The fourth-order valence-corrected chi connectivity index (χ4v) is 12.0. The number of hydrogen-bond donors (Lipinski definition) is 2. The molecule has 0 radical (unpaired) electrons. The van der Waals surface area contributed by atoms with Crippen molar-refractivity contribution in [2.75, 3.05) is 14.2 Å². The third-order valence-electron chi connectivity index (χ3n) is 12.3. The fourth-order valence-electron chi connectivity index (χ4n) is 12.0. The maximum Gasteiger partial charge on any atom is 0.183 e. The summed E-state index contributed by atoms with van der Waals surface area (Å²) < 4.78 is 11.9. The van der Waals surface area contributed by atoms with E-state index in [2.05, 4.69) is 0 Å². The average molecular weight is 569 g/mol. The third kappa shape index (κ3) is 1.66. The Kier molecular flexibility index (Phi) is 3.79. The molecule has 5 fully saturated rings. The van der Waals surface area contributed by atoms with Crippen LogP contribution in [0.3, 0.4) is 0 Å². The quantitative estimate of drug-likeness (QED) is 0.511. The van der Waals surface area contributed by atoms with Gasteiger partial charge in [-0.2, -0.15) is 0 Å². The van der Waals surface area contributed by atoms with Gasteiger partial charge in [0.05, 0.1) is 46.0 Å². The number of phenols is 2. The van der Waals surface area contributed by atoms with Gasteiger partial charge in [0.25, 0.3) is 0 Å². The number of carbonyl (C=O) groups is 6. The van der Waals surface area contributed by atoms with Crippen molar-refractivity contribution in [2.24, 2.45) is 45.3 Å². The summed E-state index contributed by atoms with van der Waals surface area (Å²) in [6.07, 6.45) is -2.11. The lowest BCUT2D eigenvalue weighted by atomic mass is 9.36. The smallest absolute Gasteiger partial charge is 0.183 e. The van der Waals surface area contributed by atoms with Crippen LogP contribution in [0.5, 0.6) is 11.5 Å². The number of benzene rings is 2. The Balaban J connectivity index is 1.55. The highest BCUT2D eigenvalue weighted by atomic mass is 16.5. The Morgan fingerprint density at radius 3 is 1.29 bits per heavy atom. The fraction of sp³-hybridized carbons (Fsp3) is 0.438. The molecular weight excluding hydrogens is 544 g/mol. The Bertz CT molecular complexity index is 1750. The van der Waals surface area contributed by atoms with Crippen LogP contribution in [-0.2, 0) is 19.1 Å². The van der Waals surface area contributed by atoms with Gasteiger partial charge in [-0.25, -0.2) is 0 Å². The second kappa shape index (κ2) is 6.48. The van der Waals surface area contributed by atoms with E-state index in [1.165, 1.54) is 38.5 Å². The van der Waals surface area contributed by atoms with E-state index in [9.17, 15) is 10.2 Å². The van der Waals surface area contributed by atoms with Crippen LogP contribution in [-0.4, -0.2) is 71.3 Å². The lowest BCUT2D eigenvalue weighted by Gasteiger charge is -2.59. The first-order valence-corrected chi connectivity index (χ1v) is 13.9. The van der Waals surface area contributed by atoms with Crippen molar-refractivity contribution in [2.45, 2.75) is 26.1 Å². The molecule has 2 aromatic carbocycles. The molecule has 7 aliphatic rings. The van der Waals surface area contributed by atoms with Crippen molar-refractivity contribution < 1.29 is 48.5 Å². The SMILES string of the molecule is CO[C@@H]1[C@H]2[C@H]3[C@H](OC)[C@H]4C(=O)[C@]56C(=O)c7c(O)cc(C)cc7C(=O)[C@@]35[C@@H]1C(=O)[C@]61C(=O)c3c(O)cc(C)cc3C(=O)[C@]241. The maximum absolute atomic E-state index is 15.1. The average Bonchev–Trinajstić information content (AvgIpc) is 3.48. The monoisotopic (exact) mass is 568 g/mol. The number of ketones is 6. The van der Waals surface area contributed by atoms with Crippen molar-refractivity contribution in [3.8, 4) is 11.5 Å². The van der Waals surface area contributed by atoms with Crippen molar-refractivity contribution in [1.29, 1.82) is 0 Å². The molecule has 2 N–H and O–H groups in total. The molecule has 0 aromatic heterocycles. The molecule has 0 aliphatic heterocycles. The highest BCUT2D eigenvalue weighted by Gasteiger charge is 3.10. The van der Waals surface area contributed by atoms with Gasteiger partial charge in [-0.1, -0.05) is 0 Å². The van der Waals surface area contributed by atoms with Gasteiger partial charge in [0.1, 0.15) is 22.3 Å². The molecule has 0 amide bonds. The van der Waals surface area contributed by atoms with E-state index in [1.807, 2.05) is 0 Å². The summed E-state index contributed by atoms with van der Waals surface area (Å²) in [6, 6.07) is 5.46. The number of aryl methyl sites for hydroxylation is 2. The molecule has 0 saturated heterocycles. The molecular formula is C32H24O10. The predicted octanol–water partition coefficient (Wildman–Crippen LogP) is 1.82. The Morgan fingerprint density at radius 2 is 0.952 bits per heavy atom. The van der Waals surface area contributed by atoms with Crippen LogP contribution in [0.2, 0.25) is 0 Å². The Hall–Kier alpha value is -4.02. The summed E-state index contributed by atoms with van der Waals surface area (Å²) in [5, 5.41) is 22.1. The summed E-state index contributed by atoms with van der Waals surface area (Å²) in [6.45, 7) is 3.27. The normalized spacial score (nSPS) is 44.3. The minimum atomic E-state index is -2.60. The first-order valence-electron chi connectivity index (χ1n) is 13.9. The van der Waals surface area contributed by atoms with Crippen LogP contribution in [0.1, 0.15) is 52.6 Å². The lowest BCUT2D eigenvalue weighted by molar-refractivity contribution is -0.155. The van der Waals surface area contributed by atoms with Gasteiger partial charge in [-0.05, 0) is 49.2 Å². The number of Topliss-reactive ketones (excluding diaryl/α,β-unsaturated/α-hetero) is 6. The highest BCUT2D eigenvalue weighted by Crippen LogP contribution is 2.96. The Morgan fingerprint density at radius 1 is 0.595 bits per heavy atom. The van der Waals surface area contributed by atoms with Crippen LogP contribution < -0.4 is 0 Å². The second-order valence-electron chi connectivity index (χ2n) is 13.1. The first-order chi connectivity index (χ1) is 19.9. The zero-order valence-electron chi connectivity index (χ0n) is 22.9. The zero-order valence-corrected chi connectivity index (χ0v) is 22.9. The van der Waals surface area contributed by atoms with Crippen LogP contribution >= 0.6 is 0 Å². The predicted molar refractivity (Wildman–Crippen MR) is 138 cm³/mol. The number of rotatable bonds is 2. The van der Waals surface area contributed by atoms with Crippen molar-refractivity contribution in [1.82, 2.24) is 0 Å². The van der Waals surface area contributed by atoms with Crippen molar-refractivity contribution in [3.05, 3.63) is 57.6 Å². The van der Waals surface area contributed by atoms with Gasteiger partial charge in [0.2, 0.25) is 0 Å². The highest BCUT2D eigenvalue weighted by molar-refractivity contribution is 6.45. The molecule has 10 atom stereocenters. The van der Waals surface area contributed by atoms with E-state index in [0.717, 1.165) is 0 Å². The molecule has 0 heterocycles. The second-order valence-corrected chi connectivity index (χ2v) is 13.1. The molecule has 7 aliphatic carbocycles. The molecule has 6 bridgehead atoms. The number of hydrogen-bond acceptors (Lipinski definition) is 10. The number of ether oxygens (including phenoxy) is 2. The largest absolute Gasteiger partial charge is 0.507 e. The molecule has 2 aromatic rings. The summed E-state index contributed by atoms with van der Waals surface area (Å²) in [5.41, 5.74) is -9.51. The number of carbonyl (C=O) groups excluding carboxylic acids is 6. The van der Waals surface area contributed by atoms with Gasteiger partial charge in [0, 0.05) is 37.2 Å². The van der Waals surface area contributed by atoms with E-state index in [4.69, 9.17) is 9.47 Å². The lowest BCUT2D eigenvalue weighted by Crippen LogP contribution is -2.74. The zero-order chi connectivity index (χ0) is 29.8. The van der Waals surface area contributed by atoms with Crippen LogP contribution in [0, 0.1) is 59.2 Å². The number of phenolic OH excluding ortho intramolecular Hbond substituents is 2. The number of aromatic hydroxyl groups is 2. The van der Waals surface area contributed by atoms with E-state index < -0.39 is 115 Å². The van der Waals surface area contributed by atoms with Crippen LogP contribution in [0.4, 0.5) is 0 Å². The molecule has 212 valence electrons. The van der Waals surface area contributed by atoms with Gasteiger partial charge < -0.3 is 19.7 Å². The summed E-state index contributed by atoms with van der Waals surface area (Å²) in [7, 11) is 2.71. The summed E-state index contributed by atoms with van der Waals surface area (Å²) >= 11 is 0. The van der Waals surface area contributed by atoms with Gasteiger partial charge in [0.15, 0.2) is 34.7 Å². The first kappa shape index (κ1) is 24.6.